The number of halogens is 2. The van der Waals surface area contributed by atoms with Gasteiger partial charge in [-0.25, -0.2) is 8.78 Å². The summed E-state index contributed by atoms with van der Waals surface area (Å²) >= 11 is 1.03. The number of carbonyl (C=O) groups is 2. The number of aromatic hydroxyl groups is 1. The number of benzene rings is 1. The fourth-order valence-corrected chi connectivity index (χ4v) is 4.99. The highest BCUT2D eigenvalue weighted by Crippen LogP contribution is 2.30. The zero-order valence-corrected chi connectivity index (χ0v) is 20.0. The fourth-order valence-electron chi connectivity index (χ4n) is 4.12. The van der Waals surface area contributed by atoms with Crippen molar-refractivity contribution in [3.05, 3.63) is 62.5 Å². The van der Waals surface area contributed by atoms with Gasteiger partial charge in [-0.15, -0.1) is 10.2 Å². The Kier molecular flexibility index (Phi) is 6.66. The van der Waals surface area contributed by atoms with Crippen molar-refractivity contribution in [3.63, 3.8) is 0 Å². The molecule has 1 atom stereocenters. The summed E-state index contributed by atoms with van der Waals surface area (Å²) in [7, 11) is 0. The van der Waals surface area contributed by atoms with Crippen LogP contribution in [0.15, 0.2) is 29.2 Å². The van der Waals surface area contributed by atoms with E-state index in [1.54, 1.807) is 0 Å². The summed E-state index contributed by atoms with van der Waals surface area (Å²) < 4.78 is 28.7. The minimum atomic E-state index is -0.774. The molecule has 35 heavy (non-hydrogen) atoms. The van der Waals surface area contributed by atoms with Crippen molar-refractivity contribution in [1.29, 1.82) is 0 Å². The van der Waals surface area contributed by atoms with E-state index in [-0.39, 0.29) is 53.3 Å². The zero-order valence-electron chi connectivity index (χ0n) is 19.2. The lowest BCUT2D eigenvalue weighted by molar-refractivity contribution is -0.119. The molecule has 2 amide bonds. The number of pyridine rings is 1. The molecule has 2 N–H and O–H groups in total. The van der Waals surface area contributed by atoms with E-state index in [0.29, 0.717) is 5.01 Å². The van der Waals surface area contributed by atoms with E-state index >= 15 is 0 Å². The fraction of sp³-hybridized carbons (Fsp3) is 0.348. The van der Waals surface area contributed by atoms with Crippen LogP contribution in [-0.4, -0.2) is 55.2 Å². The molecule has 0 saturated carbocycles. The van der Waals surface area contributed by atoms with E-state index in [4.69, 9.17) is 0 Å². The van der Waals surface area contributed by atoms with E-state index < -0.39 is 34.8 Å². The topological polar surface area (TPSA) is 117 Å². The maximum absolute atomic E-state index is 14.0. The zero-order chi connectivity index (χ0) is 25.4. The first-order valence-electron chi connectivity index (χ1n) is 10.9. The highest BCUT2D eigenvalue weighted by atomic mass is 32.1. The smallest absolute Gasteiger partial charge is 0.275 e. The third-order valence-corrected chi connectivity index (χ3v) is 6.65. The molecule has 4 rings (SSSR count). The van der Waals surface area contributed by atoms with Gasteiger partial charge in [-0.3, -0.25) is 14.4 Å². The van der Waals surface area contributed by atoms with E-state index in [0.717, 1.165) is 23.5 Å². The molecule has 3 heterocycles. The van der Waals surface area contributed by atoms with Gasteiger partial charge in [0.25, 0.3) is 5.91 Å². The number of rotatable bonds is 6. The van der Waals surface area contributed by atoms with Crippen LogP contribution in [0, 0.1) is 11.6 Å². The van der Waals surface area contributed by atoms with Crippen molar-refractivity contribution >= 4 is 23.2 Å². The molecule has 0 aliphatic carbocycles. The third-order valence-electron chi connectivity index (χ3n) is 5.69. The van der Waals surface area contributed by atoms with Crippen molar-refractivity contribution in [2.75, 3.05) is 6.54 Å². The van der Waals surface area contributed by atoms with Crippen molar-refractivity contribution in [2.24, 2.45) is 0 Å². The van der Waals surface area contributed by atoms with Crippen LogP contribution in [0.25, 0.3) is 10.6 Å². The van der Waals surface area contributed by atoms with Gasteiger partial charge in [0.1, 0.15) is 16.6 Å². The Labute approximate surface area is 203 Å². The molecule has 12 heteroatoms. The SMILES string of the molecule is CC(=O)NC[C@@H]1Cn2cc(-c3nnc(Cc4ccc(F)cc4F)s3)c(=O)c(O)c2C(=O)N1C(C)C. The Bertz CT molecular complexity index is 1370. The minimum Gasteiger partial charge on any atom is -0.503 e. The molecule has 2 aromatic heterocycles. The second kappa shape index (κ2) is 9.53. The Balaban J connectivity index is 1.70. The number of hydrogen-bond acceptors (Lipinski definition) is 7. The van der Waals surface area contributed by atoms with Crippen LogP contribution in [0.2, 0.25) is 0 Å². The largest absolute Gasteiger partial charge is 0.503 e. The Morgan fingerprint density at radius 1 is 1.29 bits per heavy atom. The first kappa shape index (κ1) is 24.5. The normalized spacial score (nSPS) is 15.4. The van der Waals surface area contributed by atoms with Crippen molar-refractivity contribution in [1.82, 2.24) is 25.0 Å². The lowest BCUT2D eigenvalue weighted by atomic mass is 10.1. The van der Waals surface area contributed by atoms with E-state index in [1.807, 2.05) is 13.8 Å². The van der Waals surface area contributed by atoms with Gasteiger partial charge in [-0.2, -0.15) is 0 Å². The van der Waals surface area contributed by atoms with E-state index in [1.165, 1.54) is 28.7 Å². The number of carbonyl (C=O) groups excluding carboxylic acids is 2. The van der Waals surface area contributed by atoms with Gasteiger partial charge < -0.3 is 19.9 Å². The molecule has 1 aliphatic heterocycles. The summed E-state index contributed by atoms with van der Waals surface area (Å²) in [5.41, 5.74) is -0.646. The summed E-state index contributed by atoms with van der Waals surface area (Å²) in [5.74, 6) is -2.87. The Morgan fingerprint density at radius 2 is 2.03 bits per heavy atom. The number of amides is 2. The van der Waals surface area contributed by atoms with Gasteiger partial charge in [0, 0.05) is 44.7 Å². The Morgan fingerprint density at radius 3 is 2.69 bits per heavy atom. The second-order valence-electron chi connectivity index (χ2n) is 8.53. The van der Waals surface area contributed by atoms with Crippen LogP contribution >= 0.6 is 11.3 Å². The summed E-state index contributed by atoms with van der Waals surface area (Å²) in [6.07, 6.45) is 1.49. The van der Waals surface area contributed by atoms with E-state index in [2.05, 4.69) is 15.5 Å². The quantitative estimate of drug-likeness (QED) is 0.533. The van der Waals surface area contributed by atoms with Gasteiger partial charge in [-0.05, 0) is 25.5 Å². The molecule has 0 radical (unpaired) electrons. The number of hydrogen-bond donors (Lipinski definition) is 2. The number of fused-ring (bicyclic) bond motifs is 1. The predicted molar refractivity (Wildman–Crippen MR) is 124 cm³/mol. The van der Waals surface area contributed by atoms with Crippen LogP contribution in [0.3, 0.4) is 0 Å². The monoisotopic (exact) mass is 503 g/mol. The lowest BCUT2D eigenvalue weighted by Crippen LogP contribution is -2.55. The summed E-state index contributed by atoms with van der Waals surface area (Å²) in [5, 5.41) is 22.0. The molecule has 184 valence electrons. The Hall–Kier alpha value is -3.67. The molecule has 0 fully saturated rings. The molecular weight excluding hydrogens is 480 g/mol. The maximum atomic E-state index is 14.0. The molecule has 0 bridgehead atoms. The minimum absolute atomic E-state index is 0.0404. The lowest BCUT2D eigenvalue weighted by Gasteiger charge is -2.40. The van der Waals surface area contributed by atoms with Gasteiger partial charge >= 0.3 is 0 Å². The molecule has 3 aromatic rings. The van der Waals surface area contributed by atoms with Gasteiger partial charge in [0.15, 0.2) is 16.5 Å². The van der Waals surface area contributed by atoms with Crippen LogP contribution in [0.4, 0.5) is 8.78 Å². The molecule has 1 aromatic carbocycles. The average molecular weight is 504 g/mol. The van der Waals surface area contributed by atoms with E-state index in [9.17, 15) is 28.3 Å². The predicted octanol–water partition coefficient (Wildman–Crippen LogP) is 2.31. The van der Waals surface area contributed by atoms with Crippen molar-refractivity contribution < 1.29 is 23.5 Å². The molecule has 1 aliphatic rings. The molecule has 0 unspecified atom stereocenters. The first-order chi connectivity index (χ1) is 16.6. The maximum Gasteiger partial charge on any atom is 0.275 e. The standard InChI is InChI=1S/C23H23F2N5O4S/c1-11(2)30-15(8-26-12(3)31)9-29-10-16(20(32)21(33)19(29)23(30)34)22-28-27-18(35-22)6-13-4-5-14(24)7-17(13)25/h4-5,7,10-11,15,33H,6,8-9H2,1-3H3,(H,26,31)/t15-/m1/s1. The van der Waals surface area contributed by atoms with Crippen LogP contribution in [0.5, 0.6) is 5.75 Å². The summed E-state index contributed by atoms with van der Waals surface area (Å²) in [6, 6.07) is 2.59. The average Bonchev–Trinajstić information content (AvgIpc) is 3.24. The molecular formula is C23H23F2N5O4S. The number of aromatic nitrogens is 3. The summed E-state index contributed by atoms with van der Waals surface area (Å²) in [6.45, 7) is 5.43. The molecule has 9 nitrogen and oxygen atoms in total. The van der Waals surface area contributed by atoms with Crippen LogP contribution in [-0.2, 0) is 17.8 Å². The van der Waals surface area contributed by atoms with Crippen LogP contribution in [0.1, 0.15) is 41.8 Å². The van der Waals surface area contributed by atoms with Crippen molar-refractivity contribution in [3.8, 4) is 16.3 Å². The first-order valence-corrected chi connectivity index (χ1v) is 11.7. The van der Waals surface area contributed by atoms with Crippen molar-refractivity contribution in [2.45, 2.75) is 45.8 Å². The number of nitrogens with one attached hydrogen (secondary N) is 1. The highest BCUT2D eigenvalue weighted by molar-refractivity contribution is 7.14. The molecule has 0 saturated heterocycles. The number of nitrogens with zero attached hydrogens (tertiary/aromatic N) is 4. The van der Waals surface area contributed by atoms with Gasteiger partial charge in [0.2, 0.25) is 11.3 Å². The highest BCUT2D eigenvalue weighted by Gasteiger charge is 2.37. The second-order valence-corrected chi connectivity index (χ2v) is 9.59. The third kappa shape index (κ3) is 4.78. The van der Waals surface area contributed by atoms with Gasteiger partial charge in [0.05, 0.1) is 11.6 Å². The summed E-state index contributed by atoms with van der Waals surface area (Å²) in [4.78, 5) is 39.1. The van der Waals surface area contributed by atoms with Gasteiger partial charge in [-0.1, -0.05) is 17.4 Å². The molecule has 0 spiro atoms. The van der Waals surface area contributed by atoms with Crippen LogP contribution < -0.4 is 10.7 Å².